The second-order valence-corrected chi connectivity index (χ2v) is 8.20. The Labute approximate surface area is 180 Å². The summed E-state index contributed by atoms with van der Waals surface area (Å²) >= 11 is 1.68. The molecule has 1 aromatic carbocycles. The van der Waals surface area contributed by atoms with Crippen molar-refractivity contribution in [3.63, 3.8) is 0 Å². The number of ether oxygens (including phenoxy) is 1. The van der Waals surface area contributed by atoms with Crippen molar-refractivity contribution in [1.29, 1.82) is 0 Å². The normalized spacial score (nSPS) is 14.8. The highest BCUT2D eigenvalue weighted by Crippen LogP contribution is 2.22. The molecule has 0 bridgehead atoms. The monoisotopic (exact) mass is 426 g/mol. The molecule has 0 radical (unpaired) electrons. The zero-order valence-corrected chi connectivity index (χ0v) is 17.8. The first kappa shape index (κ1) is 20.5. The van der Waals surface area contributed by atoms with Crippen molar-refractivity contribution in [3.05, 3.63) is 60.4 Å². The average Bonchev–Trinajstić information content (AvgIpc) is 3.44. The number of aryl methyl sites for hydroxylation is 1. The molecule has 3 aromatic rings. The lowest BCUT2D eigenvalue weighted by atomic mass is 10.2. The van der Waals surface area contributed by atoms with Crippen LogP contribution in [0.3, 0.4) is 0 Å². The molecule has 1 aliphatic heterocycles. The SMILES string of the molecule is Cn1ccnc1SCc1ccc(OC(=O)N2CCN(CCc3c[nH]cn3)CC2)cc1. The van der Waals surface area contributed by atoms with E-state index in [1.165, 1.54) is 0 Å². The van der Waals surface area contributed by atoms with Crippen molar-refractivity contribution in [2.24, 2.45) is 7.05 Å². The maximum Gasteiger partial charge on any atom is 0.415 e. The van der Waals surface area contributed by atoms with E-state index in [0.29, 0.717) is 18.8 Å². The van der Waals surface area contributed by atoms with E-state index in [2.05, 4.69) is 19.9 Å². The summed E-state index contributed by atoms with van der Waals surface area (Å²) in [6.07, 6.45) is 8.00. The molecule has 3 heterocycles. The van der Waals surface area contributed by atoms with E-state index in [1.54, 1.807) is 29.2 Å². The fraction of sp³-hybridized carbons (Fsp3) is 0.381. The minimum atomic E-state index is -0.280. The quantitative estimate of drug-likeness (QED) is 0.586. The third-order valence-electron chi connectivity index (χ3n) is 5.14. The van der Waals surface area contributed by atoms with Crippen LogP contribution < -0.4 is 4.74 Å². The molecular weight excluding hydrogens is 400 g/mol. The minimum absolute atomic E-state index is 0.280. The summed E-state index contributed by atoms with van der Waals surface area (Å²) in [5, 5.41) is 0.981. The maximum absolute atomic E-state index is 12.5. The van der Waals surface area contributed by atoms with Gasteiger partial charge in [0.2, 0.25) is 0 Å². The van der Waals surface area contributed by atoms with Gasteiger partial charge >= 0.3 is 6.09 Å². The third kappa shape index (κ3) is 5.43. The van der Waals surface area contributed by atoms with Crippen LogP contribution in [-0.4, -0.2) is 68.1 Å². The molecule has 158 valence electrons. The van der Waals surface area contributed by atoms with E-state index in [1.807, 2.05) is 48.3 Å². The van der Waals surface area contributed by atoms with E-state index in [9.17, 15) is 4.79 Å². The van der Waals surface area contributed by atoms with Gasteiger partial charge in [-0.2, -0.15) is 0 Å². The lowest BCUT2D eigenvalue weighted by Crippen LogP contribution is -2.49. The summed E-state index contributed by atoms with van der Waals surface area (Å²) in [5.41, 5.74) is 2.23. The largest absolute Gasteiger partial charge is 0.415 e. The van der Waals surface area contributed by atoms with Gasteiger partial charge < -0.3 is 19.2 Å². The fourth-order valence-corrected chi connectivity index (χ4v) is 4.20. The van der Waals surface area contributed by atoms with Gasteiger partial charge in [-0.3, -0.25) is 4.90 Å². The highest BCUT2D eigenvalue weighted by atomic mass is 32.2. The van der Waals surface area contributed by atoms with Gasteiger partial charge in [0.05, 0.1) is 12.0 Å². The number of aromatic amines is 1. The second-order valence-electron chi connectivity index (χ2n) is 7.26. The van der Waals surface area contributed by atoms with Crippen LogP contribution in [-0.2, 0) is 19.2 Å². The van der Waals surface area contributed by atoms with Crippen LogP contribution in [0, 0.1) is 0 Å². The summed E-state index contributed by atoms with van der Waals surface area (Å²) in [5.74, 6) is 1.39. The molecule has 0 saturated carbocycles. The molecule has 4 rings (SSSR count). The number of nitrogens with zero attached hydrogens (tertiary/aromatic N) is 5. The van der Waals surface area contributed by atoms with Crippen molar-refractivity contribution in [2.75, 3.05) is 32.7 Å². The number of thioether (sulfide) groups is 1. The van der Waals surface area contributed by atoms with Gasteiger partial charge in [-0.25, -0.2) is 14.8 Å². The molecule has 0 spiro atoms. The van der Waals surface area contributed by atoms with E-state index in [0.717, 1.165) is 48.2 Å². The molecule has 9 heteroatoms. The Morgan fingerprint density at radius 1 is 1.17 bits per heavy atom. The third-order valence-corrected chi connectivity index (χ3v) is 6.27. The molecule has 1 aliphatic rings. The standard InChI is InChI=1S/C21H26N6O2S/c1-25-9-7-23-20(25)30-15-17-2-4-19(5-3-17)29-21(28)27-12-10-26(11-13-27)8-6-18-14-22-16-24-18/h2-5,7,9,14,16H,6,8,10-13,15H2,1H3,(H,22,24). The van der Waals surface area contributed by atoms with Crippen molar-refractivity contribution in [3.8, 4) is 5.75 Å². The van der Waals surface area contributed by atoms with Crippen LogP contribution in [0.1, 0.15) is 11.3 Å². The Bertz CT molecular complexity index is 933. The zero-order chi connectivity index (χ0) is 20.8. The van der Waals surface area contributed by atoms with Gasteiger partial charge in [0.25, 0.3) is 0 Å². The Hall–Kier alpha value is -2.78. The van der Waals surface area contributed by atoms with Crippen molar-refractivity contribution >= 4 is 17.9 Å². The number of aromatic nitrogens is 4. The lowest BCUT2D eigenvalue weighted by Gasteiger charge is -2.33. The van der Waals surface area contributed by atoms with E-state index < -0.39 is 0 Å². The number of hydrogen-bond donors (Lipinski definition) is 1. The Kier molecular flexibility index (Phi) is 6.70. The number of carbonyl (C=O) groups is 1. The summed E-state index contributed by atoms with van der Waals surface area (Å²) in [6, 6.07) is 7.69. The molecule has 0 atom stereocenters. The topological polar surface area (TPSA) is 79.3 Å². The lowest BCUT2D eigenvalue weighted by molar-refractivity contribution is 0.111. The van der Waals surface area contributed by atoms with Gasteiger partial charge in [0.1, 0.15) is 5.75 Å². The Balaban J connectivity index is 1.20. The second kappa shape index (κ2) is 9.82. The molecule has 30 heavy (non-hydrogen) atoms. The van der Waals surface area contributed by atoms with E-state index in [-0.39, 0.29) is 6.09 Å². The summed E-state index contributed by atoms with van der Waals surface area (Å²) in [4.78, 5) is 28.1. The van der Waals surface area contributed by atoms with Gasteiger partial charge in [-0.15, -0.1) is 0 Å². The van der Waals surface area contributed by atoms with Crippen LogP contribution in [0.15, 0.2) is 54.3 Å². The van der Waals surface area contributed by atoms with Crippen molar-refractivity contribution in [1.82, 2.24) is 29.3 Å². The number of rotatable bonds is 7. The minimum Gasteiger partial charge on any atom is -0.410 e. The summed E-state index contributed by atoms with van der Waals surface area (Å²) < 4.78 is 7.56. The Morgan fingerprint density at radius 3 is 2.63 bits per heavy atom. The predicted molar refractivity (Wildman–Crippen MR) is 116 cm³/mol. The maximum atomic E-state index is 12.5. The number of carbonyl (C=O) groups excluding carboxylic acids is 1. The fourth-order valence-electron chi connectivity index (χ4n) is 3.31. The molecule has 2 aromatic heterocycles. The predicted octanol–water partition coefficient (Wildman–Crippen LogP) is 2.79. The highest BCUT2D eigenvalue weighted by molar-refractivity contribution is 7.98. The Morgan fingerprint density at radius 2 is 1.97 bits per heavy atom. The van der Waals surface area contributed by atoms with Crippen LogP contribution in [0.4, 0.5) is 4.79 Å². The first-order valence-corrected chi connectivity index (χ1v) is 11.0. The average molecular weight is 427 g/mol. The molecule has 1 N–H and O–H groups in total. The van der Waals surface area contributed by atoms with Crippen LogP contribution >= 0.6 is 11.8 Å². The van der Waals surface area contributed by atoms with Crippen LogP contribution in [0.5, 0.6) is 5.75 Å². The van der Waals surface area contributed by atoms with Gasteiger partial charge in [0, 0.05) is 70.5 Å². The number of piperazine rings is 1. The first-order valence-electron chi connectivity index (χ1n) is 10.0. The molecule has 1 amide bonds. The van der Waals surface area contributed by atoms with Crippen LogP contribution in [0.2, 0.25) is 0 Å². The summed E-state index contributed by atoms with van der Waals surface area (Å²) in [7, 11) is 1.98. The molecular formula is C21H26N6O2S. The van der Waals surface area contributed by atoms with Crippen LogP contribution in [0.25, 0.3) is 0 Å². The number of benzene rings is 1. The number of hydrogen-bond acceptors (Lipinski definition) is 6. The molecule has 8 nitrogen and oxygen atoms in total. The molecule has 0 aliphatic carbocycles. The van der Waals surface area contributed by atoms with E-state index >= 15 is 0 Å². The molecule has 1 fully saturated rings. The highest BCUT2D eigenvalue weighted by Gasteiger charge is 2.22. The van der Waals surface area contributed by atoms with Gasteiger partial charge in [-0.05, 0) is 17.7 Å². The van der Waals surface area contributed by atoms with E-state index in [4.69, 9.17) is 4.74 Å². The van der Waals surface area contributed by atoms with Gasteiger partial charge in [-0.1, -0.05) is 23.9 Å². The molecule has 1 saturated heterocycles. The number of imidazole rings is 2. The van der Waals surface area contributed by atoms with Crippen molar-refractivity contribution < 1.29 is 9.53 Å². The van der Waals surface area contributed by atoms with Gasteiger partial charge in [0.15, 0.2) is 5.16 Å². The zero-order valence-electron chi connectivity index (χ0n) is 17.0. The first-order chi connectivity index (χ1) is 14.7. The summed E-state index contributed by atoms with van der Waals surface area (Å²) in [6.45, 7) is 4.01. The molecule has 0 unspecified atom stereocenters. The smallest absolute Gasteiger partial charge is 0.410 e. The van der Waals surface area contributed by atoms with Crippen molar-refractivity contribution in [2.45, 2.75) is 17.3 Å². The number of H-pyrrole nitrogens is 1. The number of nitrogens with one attached hydrogen (secondary N) is 1. The number of amides is 1.